The first kappa shape index (κ1) is 25.3. The van der Waals surface area contributed by atoms with Gasteiger partial charge in [-0.1, -0.05) is 37.0 Å². The number of carbonyl (C=O) groups excluding carboxylic acids is 4. The summed E-state index contributed by atoms with van der Waals surface area (Å²) in [4.78, 5) is 50.4. The third-order valence-corrected chi connectivity index (χ3v) is 7.42. The second-order valence-corrected chi connectivity index (χ2v) is 10.1. The van der Waals surface area contributed by atoms with Crippen molar-refractivity contribution >= 4 is 53.6 Å². The Balaban J connectivity index is 1.80. The molecule has 2 heterocycles. The molecule has 0 radical (unpaired) electrons. The highest BCUT2D eigenvalue weighted by Crippen LogP contribution is 2.44. The Hall–Kier alpha value is -2.30. The van der Waals surface area contributed by atoms with Crippen LogP contribution in [0.1, 0.15) is 44.5 Å². The largest absolute Gasteiger partial charge is 0.605 e. The minimum Gasteiger partial charge on any atom is -0.599 e. The zero-order valence-corrected chi connectivity index (χ0v) is 20.7. The van der Waals surface area contributed by atoms with Crippen molar-refractivity contribution in [2.45, 2.75) is 52.1 Å². The normalized spacial score (nSPS) is 29.3. The number of quaternary nitrogens is 1. The Bertz CT molecular complexity index is 980. The smallest absolute Gasteiger partial charge is 0.599 e. The number of halogens is 2. The van der Waals surface area contributed by atoms with Gasteiger partial charge in [-0.15, -0.1) is 0 Å². The minimum absolute atomic E-state index is 0.0696. The molecule has 2 fully saturated rings. The van der Waals surface area contributed by atoms with Crippen LogP contribution < -0.4 is 10.6 Å². The maximum Gasteiger partial charge on any atom is 0.605 e. The molecule has 180 valence electrons. The molecule has 3 atom stereocenters. The molecule has 2 aliphatic rings. The predicted octanol–water partition coefficient (Wildman–Crippen LogP) is 2.07. The Labute approximate surface area is 202 Å². The van der Waals surface area contributed by atoms with E-state index >= 15 is 0 Å². The molecule has 33 heavy (non-hydrogen) atoms. The molecular weight excluding hydrogens is 472 g/mol. The number of hydrogen-bond acceptors (Lipinski definition) is 6. The van der Waals surface area contributed by atoms with Gasteiger partial charge in [-0.05, 0) is 44.4 Å². The third kappa shape index (κ3) is 4.31. The zero-order chi connectivity index (χ0) is 24.7. The molecule has 2 aliphatic heterocycles. The van der Waals surface area contributed by atoms with Gasteiger partial charge in [0.2, 0.25) is 5.91 Å². The maximum absolute atomic E-state index is 12.8. The fourth-order valence-corrected chi connectivity index (χ4v) is 5.15. The summed E-state index contributed by atoms with van der Waals surface area (Å²) in [7, 11) is 1.74. The van der Waals surface area contributed by atoms with E-state index in [4.69, 9.17) is 32.5 Å². The van der Waals surface area contributed by atoms with E-state index in [-0.39, 0.29) is 27.4 Å². The van der Waals surface area contributed by atoms with Gasteiger partial charge >= 0.3 is 18.6 Å². The fraction of sp³-hybridized carbons (Fsp3) is 0.524. The van der Waals surface area contributed by atoms with Crippen LogP contribution in [0, 0.1) is 5.92 Å². The number of hydrogen-bond donors (Lipinski definition) is 2. The van der Waals surface area contributed by atoms with Crippen molar-refractivity contribution in [1.29, 1.82) is 0 Å². The summed E-state index contributed by atoms with van der Waals surface area (Å²) >= 11 is 12.0. The summed E-state index contributed by atoms with van der Waals surface area (Å²) in [5.41, 5.74) is 0.139. The first-order valence-electron chi connectivity index (χ1n) is 10.8. The number of carbonyl (C=O) groups is 4. The van der Waals surface area contributed by atoms with Crippen molar-refractivity contribution in [2.75, 3.05) is 13.6 Å². The first-order chi connectivity index (χ1) is 15.3. The van der Waals surface area contributed by atoms with E-state index in [1.807, 2.05) is 13.8 Å². The lowest BCUT2D eigenvalue weighted by atomic mass is 9.57. The lowest BCUT2D eigenvalue weighted by Gasteiger charge is -2.48. The van der Waals surface area contributed by atoms with Crippen LogP contribution in [0.4, 0.5) is 0 Å². The molecule has 2 amide bonds. The molecule has 0 unspecified atom stereocenters. The van der Waals surface area contributed by atoms with Crippen molar-refractivity contribution in [1.82, 2.24) is 10.6 Å². The van der Waals surface area contributed by atoms with Gasteiger partial charge in [-0.25, -0.2) is 9.59 Å². The van der Waals surface area contributed by atoms with Crippen LogP contribution in [0.5, 0.6) is 0 Å². The predicted molar refractivity (Wildman–Crippen MR) is 123 cm³/mol. The molecule has 0 bridgehead atoms. The van der Waals surface area contributed by atoms with Crippen molar-refractivity contribution in [3.8, 4) is 0 Å². The summed E-state index contributed by atoms with van der Waals surface area (Å²) in [6.07, 6.45) is 0.396. The van der Waals surface area contributed by atoms with Crippen LogP contribution in [0.2, 0.25) is 10.0 Å². The van der Waals surface area contributed by atoms with Crippen molar-refractivity contribution < 1.29 is 32.9 Å². The van der Waals surface area contributed by atoms with Gasteiger partial charge in [-0.2, -0.15) is 0 Å². The maximum atomic E-state index is 12.8. The SMILES string of the molecule is CC(C)C[C@H](NC(=O)CNC(=O)c1cc(Cl)ccc1Cl)[B-]12OC(=O)[C@H](C)[N+]1(C)[C@@H](C)C(=O)O2. The highest BCUT2D eigenvalue weighted by molar-refractivity contribution is 6.68. The highest BCUT2D eigenvalue weighted by atomic mass is 35.5. The Morgan fingerprint density at radius 1 is 1.12 bits per heavy atom. The highest BCUT2D eigenvalue weighted by Gasteiger charge is 2.74. The second-order valence-electron chi connectivity index (χ2n) is 9.29. The van der Waals surface area contributed by atoms with E-state index in [2.05, 4.69) is 10.6 Å². The summed E-state index contributed by atoms with van der Waals surface area (Å²) in [5.74, 6) is -2.74. The van der Waals surface area contributed by atoms with E-state index < -0.39 is 48.5 Å². The van der Waals surface area contributed by atoms with Crippen molar-refractivity contribution in [3.63, 3.8) is 0 Å². The van der Waals surface area contributed by atoms with Crippen LogP contribution in [-0.2, 0) is 23.7 Å². The second kappa shape index (κ2) is 9.16. The number of amides is 2. The lowest BCUT2D eigenvalue weighted by molar-refractivity contribution is -0.840. The minimum atomic E-state index is -2.55. The number of nitrogens with one attached hydrogen (secondary N) is 2. The van der Waals surface area contributed by atoms with Gasteiger partial charge in [0.1, 0.15) is 12.1 Å². The molecule has 2 N–H and O–H groups in total. The van der Waals surface area contributed by atoms with Crippen LogP contribution >= 0.6 is 23.2 Å². The molecule has 0 aromatic heterocycles. The molecule has 1 aromatic rings. The van der Waals surface area contributed by atoms with E-state index in [0.717, 1.165) is 0 Å². The average molecular weight is 500 g/mol. The van der Waals surface area contributed by atoms with Crippen LogP contribution in [0.3, 0.4) is 0 Å². The lowest BCUT2D eigenvalue weighted by Crippen LogP contribution is -2.74. The zero-order valence-electron chi connectivity index (χ0n) is 19.2. The number of fused-ring (bicyclic) bond motifs is 1. The summed E-state index contributed by atoms with van der Waals surface area (Å²) < 4.78 is 11.4. The molecule has 3 rings (SSSR count). The van der Waals surface area contributed by atoms with Gasteiger partial charge in [0.15, 0.2) is 0 Å². The van der Waals surface area contributed by atoms with Gasteiger partial charge < -0.3 is 24.3 Å². The Morgan fingerprint density at radius 2 is 1.70 bits per heavy atom. The molecule has 0 aliphatic carbocycles. The van der Waals surface area contributed by atoms with Gasteiger partial charge in [-0.3, -0.25) is 9.59 Å². The number of rotatable bonds is 7. The molecule has 2 saturated heterocycles. The number of nitrogens with zero attached hydrogens (tertiary/aromatic N) is 1. The van der Waals surface area contributed by atoms with Crippen molar-refractivity contribution in [2.24, 2.45) is 5.92 Å². The number of likely N-dealkylation sites (N-methyl/N-ethyl adjacent to an activating group) is 1. The number of benzene rings is 1. The van der Waals surface area contributed by atoms with Crippen molar-refractivity contribution in [3.05, 3.63) is 33.8 Å². The molecule has 12 heteroatoms. The quantitative estimate of drug-likeness (QED) is 0.555. The fourth-order valence-electron chi connectivity index (χ4n) is 4.78. The van der Waals surface area contributed by atoms with Gasteiger partial charge in [0.25, 0.3) is 5.91 Å². The van der Waals surface area contributed by atoms with Crippen LogP contribution in [-0.4, -0.2) is 66.5 Å². The monoisotopic (exact) mass is 499 g/mol. The van der Waals surface area contributed by atoms with Crippen LogP contribution in [0.15, 0.2) is 18.2 Å². The molecular formula is C21H28BCl2N3O6. The Kier molecular flexibility index (Phi) is 7.03. The van der Waals surface area contributed by atoms with Gasteiger partial charge in [0.05, 0.1) is 23.1 Å². The van der Waals surface area contributed by atoms with E-state index in [1.54, 1.807) is 27.0 Å². The first-order valence-corrected chi connectivity index (χ1v) is 11.6. The molecule has 0 saturated carbocycles. The summed E-state index contributed by atoms with van der Waals surface area (Å²) in [6, 6.07) is 3.17. The summed E-state index contributed by atoms with van der Waals surface area (Å²) in [6.45, 7) is 4.35. The molecule has 1 aromatic carbocycles. The average Bonchev–Trinajstić information content (AvgIpc) is 3.06. The van der Waals surface area contributed by atoms with E-state index in [1.165, 1.54) is 12.1 Å². The van der Waals surface area contributed by atoms with E-state index in [9.17, 15) is 19.2 Å². The van der Waals surface area contributed by atoms with Gasteiger partial charge in [0, 0.05) is 12.1 Å². The molecule has 9 nitrogen and oxygen atoms in total. The standard InChI is InChI=1S/C21H28BCl2N3O6/c1-11(2)8-17(22-27(5,12(3)20(30)32-22)13(4)21(31)33-22)26-18(28)10-25-19(29)15-9-14(23)6-7-16(15)24/h6-7,9,11-13,17H,8,10H2,1-5H3,(H,25,29)(H,26,28)/t12-,13-,17-,22?,27?/m0/s1. The third-order valence-electron chi connectivity index (χ3n) is 6.86. The van der Waals surface area contributed by atoms with Crippen LogP contribution in [0.25, 0.3) is 0 Å². The topological polar surface area (TPSA) is 111 Å². The summed E-state index contributed by atoms with van der Waals surface area (Å²) in [5, 5.41) is 5.88. The Morgan fingerprint density at radius 3 is 2.24 bits per heavy atom. The molecule has 0 spiro atoms. The van der Waals surface area contributed by atoms with E-state index in [0.29, 0.717) is 11.4 Å².